The van der Waals surface area contributed by atoms with Crippen molar-refractivity contribution in [1.29, 1.82) is 0 Å². The van der Waals surface area contributed by atoms with Gasteiger partial charge in [0.2, 0.25) is 0 Å². The van der Waals surface area contributed by atoms with E-state index in [0.29, 0.717) is 5.92 Å². The van der Waals surface area contributed by atoms with Gasteiger partial charge >= 0.3 is 0 Å². The maximum Gasteiger partial charge on any atom is 0.0681 e. The third kappa shape index (κ3) is 2.51. The first-order chi connectivity index (χ1) is 7.62. The molecule has 0 aromatic carbocycles. The molecule has 0 amide bonds. The van der Waals surface area contributed by atoms with E-state index in [1.807, 2.05) is 0 Å². The van der Waals surface area contributed by atoms with Crippen molar-refractivity contribution in [2.75, 3.05) is 0 Å². The standard InChI is InChI=1S/C15H26O/c1-12(2)13-8-10-15(16,11-9-13)14-6-4-3-5-7-14/h14,16H,3-11H2,1-2H3. The zero-order valence-corrected chi connectivity index (χ0v) is 10.9. The van der Waals surface area contributed by atoms with Crippen LogP contribution in [0.4, 0.5) is 0 Å². The number of hydrogen-bond donors (Lipinski definition) is 1. The molecule has 0 aromatic heterocycles. The second kappa shape index (κ2) is 4.91. The predicted molar refractivity (Wildman–Crippen MR) is 68.4 cm³/mol. The molecule has 0 aliphatic heterocycles. The van der Waals surface area contributed by atoms with E-state index in [4.69, 9.17) is 0 Å². The Morgan fingerprint density at radius 2 is 1.62 bits per heavy atom. The van der Waals surface area contributed by atoms with E-state index >= 15 is 0 Å². The predicted octanol–water partition coefficient (Wildman–Crippen LogP) is 4.21. The first-order valence-electron chi connectivity index (χ1n) is 6.99. The Morgan fingerprint density at radius 1 is 1.06 bits per heavy atom. The maximum atomic E-state index is 10.8. The summed E-state index contributed by atoms with van der Waals surface area (Å²) in [7, 11) is 0. The zero-order chi connectivity index (χ0) is 11.6. The lowest BCUT2D eigenvalue weighted by Crippen LogP contribution is -2.41. The van der Waals surface area contributed by atoms with Crippen molar-refractivity contribution in [2.24, 2.45) is 5.92 Å². The molecule has 1 heteroatoms. The molecule has 0 bridgehead atoms. The molecule has 2 saturated carbocycles. The molecule has 0 aromatic rings. The van der Waals surface area contributed by atoms with Gasteiger partial charge in [0, 0.05) is 0 Å². The van der Waals surface area contributed by atoms with E-state index in [2.05, 4.69) is 13.8 Å². The van der Waals surface area contributed by atoms with Crippen LogP contribution in [-0.2, 0) is 0 Å². The van der Waals surface area contributed by atoms with Crippen LogP contribution in [0.15, 0.2) is 11.1 Å². The Labute approximate surface area is 99.9 Å². The van der Waals surface area contributed by atoms with E-state index in [0.717, 1.165) is 25.7 Å². The second-order valence-electron chi connectivity index (χ2n) is 6.04. The normalized spacial score (nSPS) is 32.8. The highest BCUT2D eigenvalue weighted by atomic mass is 16.3. The summed E-state index contributed by atoms with van der Waals surface area (Å²) in [6.45, 7) is 4.42. The topological polar surface area (TPSA) is 20.2 Å². The van der Waals surface area contributed by atoms with Crippen LogP contribution >= 0.6 is 0 Å². The van der Waals surface area contributed by atoms with Crippen LogP contribution in [0.5, 0.6) is 0 Å². The lowest BCUT2D eigenvalue weighted by Gasteiger charge is -2.42. The fourth-order valence-electron chi connectivity index (χ4n) is 3.53. The number of rotatable bonds is 1. The lowest BCUT2D eigenvalue weighted by molar-refractivity contribution is -0.0539. The van der Waals surface area contributed by atoms with Crippen LogP contribution < -0.4 is 0 Å². The van der Waals surface area contributed by atoms with Gasteiger partial charge in [-0.2, -0.15) is 0 Å². The van der Waals surface area contributed by atoms with Crippen molar-refractivity contribution in [3.63, 3.8) is 0 Å². The van der Waals surface area contributed by atoms with Gasteiger partial charge in [0.15, 0.2) is 0 Å². The van der Waals surface area contributed by atoms with E-state index in [1.54, 1.807) is 5.57 Å². The molecule has 0 atom stereocenters. The van der Waals surface area contributed by atoms with Crippen molar-refractivity contribution in [1.82, 2.24) is 0 Å². The Morgan fingerprint density at radius 3 is 2.12 bits per heavy atom. The minimum atomic E-state index is -0.320. The van der Waals surface area contributed by atoms with Gasteiger partial charge in [0.25, 0.3) is 0 Å². The Balaban J connectivity index is 1.97. The van der Waals surface area contributed by atoms with Crippen molar-refractivity contribution in [3.05, 3.63) is 11.1 Å². The first kappa shape index (κ1) is 12.2. The molecule has 1 nitrogen and oxygen atoms in total. The SMILES string of the molecule is CC(C)=C1CCC(O)(C2CCCCC2)CC1. The van der Waals surface area contributed by atoms with Gasteiger partial charge in [-0.1, -0.05) is 30.4 Å². The molecule has 2 fully saturated rings. The summed E-state index contributed by atoms with van der Waals surface area (Å²) in [5.74, 6) is 0.597. The van der Waals surface area contributed by atoms with Gasteiger partial charge in [0.05, 0.1) is 5.60 Å². The number of hydrogen-bond acceptors (Lipinski definition) is 1. The molecule has 2 aliphatic carbocycles. The first-order valence-corrected chi connectivity index (χ1v) is 6.99. The van der Waals surface area contributed by atoms with E-state index in [-0.39, 0.29) is 5.60 Å². The van der Waals surface area contributed by atoms with Crippen molar-refractivity contribution in [2.45, 2.75) is 77.2 Å². The Kier molecular flexibility index (Phi) is 3.73. The highest BCUT2D eigenvalue weighted by molar-refractivity contribution is 5.14. The summed E-state index contributed by atoms with van der Waals surface area (Å²) in [5.41, 5.74) is 2.76. The maximum absolute atomic E-state index is 10.8. The minimum absolute atomic E-state index is 0.320. The summed E-state index contributed by atoms with van der Waals surface area (Å²) in [4.78, 5) is 0. The van der Waals surface area contributed by atoms with Crippen LogP contribution in [0.1, 0.15) is 71.6 Å². The van der Waals surface area contributed by atoms with Crippen LogP contribution in [0.3, 0.4) is 0 Å². The third-order valence-corrected chi connectivity index (χ3v) is 4.79. The van der Waals surface area contributed by atoms with Crippen LogP contribution in [-0.4, -0.2) is 10.7 Å². The van der Waals surface area contributed by atoms with Crippen molar-refractivity contribution in [3.8, 4) is 0 Å². The summed E-state index contributed by atoms with van der Waals surface area (Å²) < 4.78 is 0. The Hall–Kier alpha value is -0.300. The molecule has 0 unspecified atom stereocenters. The van der Waals surface area contributed by atoms with Crippen molar-refractivity contribution < 1.29 is 5.11 Å². The molecule has 0 radical (unpaired) electrons. The highest BCUT2D eigenvalue weighted by Crippen LogP contribution is 2.43. The number of allylic oxidation sites excluding steroid dienone is 2. The van der Waals surface area contributed by atoms with E-state index in [9.17, 15) is 5.11 Å². The van der Waals surface area contributed by atoms with Gasteiger partial charge < -0.3 is 5.11 Å². The zero-order valence-electron chi connectivity index (χ0n) is 10.9. The summed E-state index contributed by atoms with van der Waals surface area (Å²) in [6, 6.07) is 0. The second-order valence-corrected chi connectivity index (χ2v) is 6.04. The van der Waals surface area contributed by atoms with Crippen LogP contribution in [0, 0.1) is 5.92 Å². The largest absolute Gasteiger partial charge is 0.390 e. The minimum Gasteiger partial charge on any atom is -0.390 e. The fraction of sp³-hybridized carbons (Fsp3) is 0.867. The summed E-state index contributed by atoms with van der Waals surface area (Å²) >= 11 is 0. The monoisotopic (exact) mass is 222 g/mol. The smallest absolute Gasteiger partial charge is 0.0681 e. The van der Waals surface area contributed by atoms with Gasteiger partial charge in [-0.05, 0) is 58.3 Å². The van der Waals surface area contributed by atoms with Crippen LogP contribution in [0.2, 0.25) is 0 Å². The molecule has 0 saturated heterocycles. The molecule has 2 rings (SSSR count). The Bertz CT molecular complexity index is 257. The molecule has 1 N–H and O–H groups in total. The van der Waals surface area contributed by atoms with Gasteiger partial charge in [-0.25, -0.2) is 0 Å². The fourth-order valence-corrected chi connectivity index (χ4v) is 3.53. The van der Waals surface area contributed by atoms with Gasteiger partial charge in [0.1, 0.15) is 0 Å². The average molecular weight is 222 g/mol. The van der Waals surface area contributed by atoms with Crippen molar-refractivity contribution >= 4 is 0 Å². The quantitative estimate of drug-likeness (QED) is 0.659. The van der Waals surface area contributed by atoms with Gasteiger partial charge in [-0.3, -0.25) is 0 Å². The molecular weight excluding hydrogens is 196 g/mol. The number of aliphatic hydroxyl groups is 1. The van der Waals surface area contributed by atoms with Gasteiger partial charge in [-0.15, -0.1) is 0 Å². The molecule has 0 spiro atoms. The molecule has 2 aliphatic rings. The third-order valence-electron chi connectivity index (χ3n) is 4.79. The molecular formula is C15H26O. The highest BCUT2D eigenvalue weighted by Gasteiger charge is 2.38. The van der Waals surface area contributed by atoms with E-state index < -0.39 is 0 Å². The van der Waals surface area contributed by atoms with Crippen LogP contribution in [0.25, 0.3) is 0 Å². The van der Waals surface area contributed by atoms with E-state index in [1.165, 1.54) is 37.7 Å². The molecule has 16 heavy (non-hydrogen) atoms. The summed E-state index contributed by atoms with van der Waals surface area (Å²) in [6.07, 6.45) is 10.9. The lowest BCUT2D eigenvalue weighted by atomic mass is 9.68. The average Bonchev–Trinajstić information content (AvgIpc) is 2.31. The molecule has 0 heterocycles. The summed E-state index contributed by atoms with van der Waals surface area (Å²) in [5, 5.41) is 10.8. The molecule has 92 valence electrons.